The highest BCUT2D eigenvalue weighted by Crippen LogP contribution is 2.30. The lowest BCUT2D eigenvalue weighted by molar-refractivity contribution is -0.384. The topological polar surface area (TPSA) is 75.6 Å². The maximum absolute atomic E-state index is 11.0. The molecule has 1 saturated heterocycles. The summed E-state index contributed by atoms with van der Waals surface area (Å²) in [6.45, 7) is 12.7. The number of nitro groups is 1. The summed E-state index contributed by atoms with van der Waals surface area (Å²) >= 11 is 0. The number of hydrogen-bond acceptors (Lipinski definition) is 5. The van der Waals surface area contributed by atoms with Gasteiger partial charge in [-0.3, -0.25) is 10.1 Å². The van der Waals surface area contributed by atoms with Crippen LogP contribution in [0.2, 0.25) is 0 Å². The predicted molar refractivity (Wildman–Crippen MR) is 94.4 cm³/mol. The van der Waals surface area contributed by atoms with E-state index in [9.17, 15) is 10.1 Å². The first-order valence-corrected chi connectivity index (χ1v) is 7.54. The first-order valence-electron chi connectivity index (χ1n) is 7.54. The van der Waals surface area contributed by atoms with Crippen molar-refractivity contribution in [2.75, 3.05) is 43.9 Å². The summed E-state index contributed by atoms with van der Waals surface area (Å²) in [5, 5.41) is 11.0. The molecule has 6 nitrogen and oxygen atoms in total. The van der Waals surface area contributed by atoms with Crippen LogP contribution in [-0.4, -0.2) is 43.0 Å². The minimum absolute atomic E-state index is 0.0922. The van der Waals surface area contributed by atoms with Crippen LogP contribution in [0.3, 0.4) is 0 Å². The Balaban J connectivity index is 0.000000789. The van der Waals surface area contributed by atoms with Crippen molar-refractivity contribution in [3.05, 3.63) is 41.0 Å². The zero-order chi connectivity index (χ0) is 17.1. The molecule has 1 fully saturated rings. The summed E-state index contributed by atoms with van der Waals surface area (Å²) in [5.74, 6) is 0. The molecular weight excluding hydrogens is 280 g/mol. The molecule has 0 aromatic heterocycles. The first kappa shape index (κ1) is 19.9. The summed E-state index contributed by atoms with van der Waals surface area (Å²) in [6.07, 6.45) is 1.75. The van der Waals surface area contributed by atoms with Gasteiger partial charge in [-0.15, -0.1) is 6.58 Å². The van der Waals surface area contributed by atoms with Crippen LogP contribution in [0.25, 0.3) is 0 Å². The molecule has 1 aliphatic rings. The minimum atomic E-state index is -0.371. The number of rotatable bonds is 2. The zero-order valence-corrected chi connectivity index (χ0v) is 14.1. The van der Waals surface area contributed by atoms with E-state index in [0.29, 0.717) is 11.4 Å². The molecule has 22 heavy (non-hydrogen) atoms. The molecule has 6 heteroatoms. The zero-order valence-electron chi connectivity index (χ0n) is 14.1. The molecule has 1 heterocycles. The number of allylic oxidation sites excluding steroid dienone is 1. The molecule has 0 unspecified atom stereocenters. The van der Waals surface area contributed by atoms with Crippen molar-refractivity contribution in [1.82, 2.24) is 4.90 Å². The summed E-state index contributed by atoms with van der Waals surface area (Å²) in [7, 11) is 2.05. The lowest BCUT2D eigenvalue weighted by atomic mass is 10.2. The van der Waals surface area contributed by atoms with E-state index in [1.165, 1.54) is 6.07 Å². The van der Waals surface area contributed by atoms with Crippen LogP contribution in [0.15, 0.2) is 30.9 Å². The number of nitrogen functional groups attached to an aromatic ring is 1. The van der Waals surface area contributed by atoms with E-state index in [1.54, 1.807) is 18.2 Å². The monoisotopic (exact) mass is 308 g/mol. The van der Waals surface area contributed by atoms with Gasteiger partial charge in [-0.2, -0.15) is 0 Å². The highest BCUT2D eigenvalue weighted by molar-refractivity contribution is 5.68. The van der Waals surface area contributed by atoms with Crippen molar-refractivity contribution in [3.8, 4) is 0 Å². The third-order valence-corrected chi connectivity index (χ3v) is 3.04. The van der Waals surface area contributed by atoms with Crippen LogP contribution < -0.4 is 10.6 Å². The molecule has 0 radical (unpaired) electrons. The van der Waals surface area contributed by atoms with Gasteiger partial charge in [-0.1, -0.05) is 19.9 Å². The van der Waals surface area contributed by atoms with Crippen LogP contribution in [-0.2, 0) is 0 Å². The van der Waals surface area contributed by atoms with Gasteiger partial charge in [0.15, 0.2) is 0 Å². The highest BCUT2D eigenvalue weighted by Gasteiger charge is 2.22. The number of likely N-dealkylation sites (N-methyl/N-ethyl adjacent to an activating group) is 1. The minimum Gasteiger partial charge on any atom is -0.399 e. The maximum Gasteiger partial charge on any atom is 0.294 e. The fourth-order valence-corrected chi connectivity index (χ4v) is 2.00. The molecule has 1 aliphatic heterocycles. The second-order valence-corrected chi connectivity index (χ2v) is 4.70. The second-order valence-electron chi connectivity index (χ2n) is 4.70. The van der Waals surface area contributed by atoms with Gasteiger partial charge in [0.25, 0.3) is 5.69 Å². The molecule has 0 aliphatic carbocycles. The van der Waals surface area contributed by atoms with E-state index >= 15 is 0 Å². The average Bonchev–Trinajstić information content (AvgIpc) is 2.51. The summed E-state index contributed by atoms with van der Waals surface area (Å²) in [5.41, 5.74) is 6.77. The van der Waals surface area contributed by atoms with Crippen LogP contribution in [0.5, 0.6) is 0 Å². The van der Waals surface area contributed by atoms with Gasteiger partial charge in [0.05, 0.1) is 4.92 Å². The van der Waals surface area contributed by atoms with Crippen LogP contribution in [0.4, 0.5) is 17.1 Å². The van der Waals surface area contributed by atoms with Crippen LogP contribution >= 0.6 is 0 Å². The Hall–Kier alpha value is -2.08. The van der Waals surface area contributed by atoms with Gasteiger partial charge in [0.1, 0.15) is 5.69 Å². The Morgan fingerprint density at radius 1 is 1.27 bits per heavy atom. The van der Waals surface area contributed by atoms with Crippen molar-refractivity contribution in [2.24, 2.45) is 0 Å². The SMILES string of the molecule is C=CC.CC.CN1CCN(c2ccc(N)cc2[N+](=O)[O-])CC1. The molecule has 0 bridgehead atoms. The number of benzene rings is 1. The van der Waals surface area contributed by atoms with E-state index in [-0.39, 0.29) is 10.6 Å². The highest BCUT2D eigenvalue weighted by atomic mass is 16.6. The van der Waals surface area contributed by atoms with Gasteiger partial charge in [0.2, 0.25) is 0 Å². The molecule has 0 spiro atoms. The molecule has 0 saturated carbocycles. The van der Waals surface area contributed by atoms with Gasteiger partial charge in [-0.05, 0) is 26.1 Å². The number of nitro benzene ring substituents is 1. The Labute approximate surface area is 133 Å². The Morgan fingerprint density at radius 2 is 1.77 bits per heavy atom. The Bertz CT molecular complexity index is 469. The number of hydrogen-bond donors (Lipinski definition) is 1. The normalized spacial score (nSPS) is 14.1. The molecular formula is C16H28N4O2. The van der Waals surface area contributed by atoms with Crippen molar-refractivity contribution in [3.63, 3.8) is 0 Å². The van der Waals surface area contributed by atoms with E-state index < -0.39 is 0 Å². The van der Waals surface area contributed by atoms with E-state index in [2.05, 4.69) is 18.5 Å². The lowest BCUT2D eigenvalue weighted by Gasteiger charge is -2.33. The van der Waals surface area contributed by atoms with Crippen molar-refractivity contribution >= 4 is 17.1 Å². The van der Waals surface area contributed by atoms with Gasteiger partial charge in [-0.25, -0.2) is 0 Å². The molecule has 2 rings (SSSR count). The van der Waals surface area contributed by atoms with E-state index in [4.69, 9.17) is 5.73 Å². The molecule has 1 aromatic carbocycles. The van der Waals surface area contributed by atoms with Crippen LogP contribution in [0, 0.1) is 10.1 Å². The largest absolute Gasteiger partial charge is 0.399 e. The third kappa shape index (κ3) is 6.13. The van der Waals surface area contributed by atoms with Crippen molar-refractivity contribution in [2.45, 2.75) is 20.8 Å². The molecule has 0 atom stereocenters. The average molecular weight is 308 g/mol. The third-order valence-electron chi connectivity index (χ3n) is 3.04. The van der Waals surface area contributed by atoms with Crippen molar-refractivity contribution in [1.29, 1.82) is 0 Å². The summed E-state index contributed by atoms with van der Waals surface area (Å²) in [6, 6.07) is 4.87. The van der Waals surface area contributed by atoms with Crippen LogP contribution in [0.1, 0.15) is 20.8 Å². The van der Waals surface area contributed by atoms with Gasteiger partial charge < -0.3 is 15.5 Å². The number of nitrogens with zero attached hydrogens (tertiary/aromatic N) is 3. The van der Waals surface area contributed by atoms with Gasteiger partial charge in [0, 0.05) is 37.9 Å². The Kier molecular flexibility index (Phi) is 9.61. The predicted octanol–water partition coefficient (Wildman–Crippen LogP) is 3.15. The lowest BCUT2D eigenvalue weighted by Crippen LogP contribution is -2.44. The quantitative estimate of drug-likeness (QED) is 0.393. The standard InChI is InChI=1S/C11H16N4O2.C3H6.C2H6/c1-13-4-6-14(7-5-13)10-3-2-9(12)8-11(10)15(16)17;1-3-2;1-2/h2-3,8H,4-7,12H2,1H3;3H,1H2,2H3;1-2H3. The first-order chi connectivity index (χ1) is 10.5. The van der Waals surface area contributed by atoms with E-state index in [0.717, 1.165) is 26.2 Å². The molecule has 1 aromatic rings. The fraction of sp³-hybridized carbons (Fsp3) is 0.500. The number of nitrogens with two attached hydrogens (primary N) is 1. The second kappa shape index (κ2) is 10.6. The number of anilines is 2. The molecule has 2 N–H and O–H groups in total. The maximum atomic E-state index is 11.0. The fourth-order valence-electron chi connectivity index (χ4n) is 2.00. The summed E-state index contributed by atoms with van der Waals surface area (Å²) in [4.78, 5) is 14.9. The molecule has 124 valence electrons. The molecule has 0 amide bonds. The number of piperazine rings is 1. The summed E-state index contributed by atoms with van der Waals surface area (Å²) < 4.78 is 0. The van der Waals surface area contributed by atoms with E-state index in [1.807, 2.05) is 25.7 Å². The van der Waals surface area contributed by atoms with Crippen molar-refractivity contribution < 1.29 is 4.92 Å². The smallest absolute Gasteiger partial charge is 0.294 e. The van der Waals surface area contributed by atoms with Gasteiger partial charge >= 0.3 is 0 Å². The Morgan fingerprint density at radius 3 is 2.23 bits per heavy atom.